The first-order chi connectivity index (χ1) is 11.1. The van der Waals surface area contributed by atoms with E-state index in [-0.39, 0.29) is 5.56 Å². The lowest BCUT2D eigenvalue weighted by molar-refractivity contribution is 0.00578. The zero-order valence-electron chi connectivity index (χ0n) is 15.0. The van der Waals surface area contributed by atoms with Crippen molar-refractivity contribution in [3.05, 3.63) is 28.2 Å². The molecule has 7 nitrogen and oxygen atoms in total. The van der Waals surface area contributed by atoms with E-state index in [0.717, 1.165) is 0 Å². The molecule has 1 aromatic rings. The first kappa shape index (κ1) is 18.7. The molecule has 1 saturated heterocycles. The van der Waals surface area contributed by atoms with Crippen LogP contribution >= 0.6 is 0 Å². The van der Waals surface area contributed by atoms with Crippen molar-refractivity contribution in [3.63, 3.8) is 0 Å². The number of pyridine rings is 1. The summed E-state index contributed by atoms with van der Waals surface area (Å²) in [5.74, 6) is -0.690. The van der Waals surface area contributed by atoms with Crippen LogP contribution < -0.4 is 11.0 Å². The number of hydrogen-bond donors (Lipinski definition) is 0. The highest BCUT2D eigenvalue weighted by Crippen LogP contribution is 2.36. The highest BCUT2D eigenvalue weighted by atomic mass is 16.7. The number of rotatable bonds is 5. The van der Waals surface area contributed by atoms with Crippen LogP contribution in [-0.4, -0.2) is 49.7 Å². The van der Waals surface area contributed by atoms with Crippen molar-refractivity contribution in [2.45, 2.75) is 45.4 Å². The summed E-state index contributed by atoms with van der Waals surface area (Å²) in [7, 11) is 2.11. The molecule has 0 amide bonds. The van der Waals surface area contributed by atoms with E-state index in [1.165, 1.54) is 17.7 Å². The molecular formula is C16H24BNO6. The van der Waals surface area contributed by atoms with Crippen molar-refractivity contribution in [3.8, 4) is 0 Å². The number of ether oxygens (including phenoxy) is 2. The minimum absolute atomic E-state index is 0.0548. The highest BCUT2D eigenvalue weighted by Gasteiger charge is 2.52. The average molecular weight is 337 g/mol. The van der Waals surface area contributed by atoms with Crippen LogP contribution in [0.5, 0.6) is 0 Å². The summed E-state index contributed by atoms with van der Waals surface area (Å²) in [5, 5.41) is 0. The predicted molar refractivity (Wildman–Crippen MR) is 89.6 cm³/mol. The van der Waals surface area contributed by atoms with Gasteiger partial charge in [0.15, 0.2) is 0 Å². The Hall–Kier alpha value is -1.64. The Morgan fingerprint density at radius 1 is 1.21 bits per heavy atom. The first-order valence-corrected chi connectivity index (χ1v) is 7.80. The molecule has 0 aliphatic carbocycles. The molecule has 0 bridgehead atoms. The van der Waals surface area contributed by atoms with Gasteiger partial charge in [0.05, 0.1) is 24.9 Å². The zero-order chi connectivity index (χ0) is 18.1. The van der Waals surface area contributed by atoms with Gasteiger partial charge in [0.1, 0.15) is 5.56 Å². The summed E-state index contributed by atoms with van der Waals surface area (Å²) in [5.41, 5.74) is -0.933. The maximum absolute atomic E-state index is 12.4. The third-order valence-corrected chi connectivity index (χ3v) is 4.57. The highest BCUT2D eigenvalue weighted by molar-refractivity contribution is 6.62. The number of carbonyl (C=O) groups excluding carboxylic acids is 1. The number of esters is 1. The molecule has 0 saturated carbocycles. The summed E-state index contributed by atoms with van der Waals surface area (Å²) in [6.07, 6.45) is 1.63. The van der Waals surface area contributed by atoms with Gasteiger partial charge >= 0.3 is 13.1 Å². The normalized spacial score (nSPS) is 18.7. The van der Waals surface area contributed by atoms with E-state index >= 15 is 0 Å². The number of methoxy groups -OCH3 is 2. The Morgan fingerprint density at radius 2 is 1.79 bits per heavy atom. The standard InChI is InChI=1S/C16H24BNO6/c1-15(2)16(3,4)24-17(23-15)11-9-12(14(20)22-6)13(19)18(10-11)7-8-21-5/h9-10H,7-8H2,1-6H3. The van der Waals surface area contributed by atoms with Gasteiger partial charge in [-0.05, 0) is 39.2 Å². The second kappa shape index (κ2) is 6.70. The largest absolute Gasteiger partial charge is 0.496 e. The quantitative estimate of drug-likeness (QED) is 0.578. The fourth-order valence-electron chi connectivity index (χ4n) is 2.38. The lowest BCUT2D eigenvalue weighted by atomic mass is 9.79. The molecule has 0 N–H and O–H groups in total. The Bertz CT molecular complexity index is 666. The molecule has 8 heteroatoms. The maximum Gasteiger partial charge on any atom is 0.496 e. The number of nitrogens with zero attached hydrogens (tertiary/aromatic N) is 1. The fourth-order valence-corrected chi connectivity index (χ4v) is 2.38. The molecule has 0 spiro atoms. The van der Waals surface area contributed by atoms with Gasteiger partial charge in [-0.3, -0.25) is 4.79 Å². The second-order valence-corrected chi connectivity index (χ2v) is 6.76. The van der Waals surface area contributed by atoms with Gasteiger partial charge in [-0.25, -0.2) is 4.79 Å². The van der Waals surface area contributed by atoms with Crippen molar-refractivity contribution < 1.29 is 23.6 Å². The van der Waals surface area contributed by atoms with Crippen molar-refractivity contribution in [1.82, 2.24) is 4.57 Å². The monoisotopic (exact) mass is 337 g/mol. The molecule has 2 heterocycles. The summed E-state index contributed by atoms with van der Waals surface area (Å²) in [6.45, 7) is 8.41. The molecule has 0 radical (unpaired) electrons. The minimum atomic E-state index is -0.690. The molecule has 0 aromatic carbocycles. The van der Waals surface area contributed by atoms with Gasteiger partial charge in [-0.2, -0.15) is 0 Å². The zero-order valence-corrected chi connectivity index (χ0v) is 15.0. The SMILES string of the molecule is COCCn1cc(B2OC(C)(C)C(C)(C)O2)cc(C(=O)OC)c1=O. The molecule has 0 atom stereocenters. The molecule has 24 heavy (non-hydrogen) atoms. The summed E-state index contributed by atoms with van der Waals surface area (Å²) in [4.78, 5) is 24.4. The van der Waals surface area contributed by atoms with Gasteiger partial charge in [-0.15, -0.1) is 0 Å². The summed E-state index contributed by atoms with van der Waals surface area (Å²) >= 11 is 0. The molecule has 1 aliphatic rings. The lowest BCUT2D eigenvalue weighted by Crippen LogP contribution is -2.41. The van der Waals surface area contributed by atoms with E-state index in [1.807, 2.05) is 27.7 Å². The lowest BCUT2D eigenvalue weighted by Gasteiger charge is -2.32. The Labute approximate surface area is 142 Å². The van der Waals surface area contributed by atoms with E-state index in [1.54, 1.807) is 13.3 Å². The van der Waals surface area contributed by atoms with Crippen LogP contribution in [0.3, 0.4) is 0 Å². The number of hydrogen-bond acceptors (Lipinski definition) is 6. The van der Waals surface area contributed by atoms with E-state index in [0.29, 0.717) is 18.6 Å². The molecule has 132 valence electrons. The van der Waals surface area contributed by atoms with Gasteiger partial charge < -0.3 is 23.3 Å². The maximum atomic E-state index is 12.4. The fraction of sp³-hybridized carbons (Fsp3) is 0.625. The predicted octanol–water partition coefficient (Wildman–Crippen LogP) is 0.580. The van der Waals surface area contributed by atoms with Gasteiger partial charge in [0, 0.05) is 19.9 Å². The van der Waals surface area contributed by atoms with E-state index in [4.69, 9.17) is 18.8 Å². The van der Waals surface area contributed by atoms with Crippen LogP contribution in [0.15, 0.2) is 17.1 Å². The first-order valence-electron chi connectivity index (χ1n) is 7.80. The second-order valence-electron chi connectivity index (χ2n) is 6.76. The topological polar surface area (TPSA) is 76.0 Å². The molecule has 1 fully saturated rings. The summed E-state index contributed by atoms with van der Waals surface area (Å²) in [6, 6.07) is 1.47. The van der Waals surface area contributed by atoms with Gasteiger partial charge in [0.2, 0.25) is 0 Å². The van der Waals surface area contributed by atoms with E-state index < -0.39 is 29.8 Å². The van der Waals surface area contributed by atoms with E-state index in [2.05, 4.69) is 0 Å². The van der Waals surface area contributed by atoms with Crippen molar-refractivity contribution >= 4 is 18.6 Å². The minimum Gasteiger partial charge on any atom is -0.465 e. The van der Waals surface area contributed by atoms with Gasteiger partial charge in [0.25, 0.3) is 5.56 Å². The van der Waals surface area contributed by atoms with Crippen molar-refractivity contribution in [2.75, 3.05) is 20.8 Å². The molecular weight excluding hydrogens is 313 g/mol. The van der Waals surface area contributed by atoms with Crippen LogP contribution in [0.1, 0.15) is 38.1 Å². The third-order valence-electron chi connectivity index (χ3n) is 4.57. The molecule has 1 aliphatic heterocycles. The molecule has 1 aromatic heterocycles. The number of aromatic nitrogens is 1. The van der Waals surface area contributed by atoms with Gasteiger partial charge in [-0.1, -0.05) is 0 Å². The van der Waals surface area contributed by atoms with Crippen LogP contribution in [-0.2, 0) is 25.3 Å². The summed E-state index contributed by atoms with van der Waals surface area (Å²) < 4.78 is 23.1. The van der Waals surface area contributed by atoms with Crippen LogP contribution in [0.4, 0.5) is 0 Å². The van der Waals surface area contributed by atoms with E-state index in [9.17, 15) is 9.59 Å². The molecule has 2 rings (SSSR count). The molecule has 0 unspecified atom stereocenters. The Balaban J connectivity index is 2.47. The van der Waals surface area contributed by atoms with Crippen molar-refractivity contribution in [2.24, 2.45) is 0 Å². The Morgan fingerprint density at radius 3 is 2.29 bits per heavy atom. The average Bonchev–Trinajstić information content (AvgIpc) is 2.73. The van der Waals surface area contributed by atoms with Crippen molar-refractivity contribution in [1.29, 1.82) is 0 Å². The number of carbonyl (C=O) groups is 1. The van der Waals surface area contributed by atoms with Crippen LogP contribution in [0.25, 0.3) is 0 Å². The van der Waals surface area contributed by atoms with Crippen LogP contribution in [0.2, 0.25) is 0 Å². The smallest absolute Gasteiger partial charge is 0.465 e. The third kappa shape index (κ3) is 3.40. The van der Waals surface area contributed by atoms with Crippen LogP contribution in [0, 0.1) is 0 Å². The Kier molecular flexibility index (Phi) is 5.22.